The molecule has 2 amide bonds. The van der Waals surface area contributed by atoms with Crippen LogP contribution in [-0.4, -0.2) is 24.4 Å². The van der Waals surface area contributed by atoms with Crippen LogP contribution >= 0.6 is 0 Å². The molecule has 2 unspecified atom stereocenters. The van der Waals surface area contributed by atoms with Gasteiger partial charge in [-0.3, -0.25) is 9.59 Å². The van der Waals surface area contributed by atoms with Crippen molar-refractivity contribution in [2.45, 2.75) is 59.4 Å². The maximum Gasteiger partial charge on any atom is 0.224 e. The Hall–Kier alpha value is -1.06. The first-order valence-electron chi connectivity index (χ1n) is 7.50. The van der Waals surface area contributed by atoms with E-state index in [4.69, 9.17) is 0 Å². The van der Waals surface area contributed by atoms with Crippen molar-refractivity contribution in [3.05, 3.63) is 0 Å². The standard InChI is InChI=1S/C15H28N2O2/c1-10(2)9-16-14(18)12-7-5-6-8-13(12)15(19)17-11(3)4/h10-13H,5-9H2,1-4H3,(H,16,18)(H,17,19). The highest BCUT2D eigenvalue weighted by molar-refractivity contribution is 5.88. The maximum absolute atomic E-state index is 12.2. The minimum Gasteiger partial charge on any atom is -0.356 e. The summed E-state index contributed by atoms with van der Waals surface area (Å²) in [7, 11) is 0. The summed E-state index contributed by atoms with van der Waals surface area (Å²) in [5, 5.41) is 5.91. The minimum atomic E-state index is -0.150. The smallest absolute Gasteiger partial charge is 0.224 e. The van der Waals surface area contributed by atoms with Gasteiger partial charge in [-0.05, 0) is 32.6 Å². The SMILES string of the molecule is CC(C)CNC(=O)C1CCCCC1C(=O)NC(C)C. The first kappa shape index (κ1) is 16.0. The van der Waals surface area contributed by atoms with E-state index in [9.17, 15) is 9.59 Å². The zero-order valence-corrected chi connectivity index (χ0v) is 12.7. The molecule has 0 aromatic carbocycles. The van der Waals surface area contributed by atoms with Crippen LogP contribution in [0.4, 0.5) is 0 Å². The van der Waals surface area contributed by atoms with Gasteiger partial charge in [0.2, 0.25) is 11.8 Å². The zero-order chi connectivity index (χ0) is 14.4. The average molecular weight is 268 g/mol. The predicted octanol–water partition coefficient (Wildman–Crippen LogP) is 2.09. The van der Waals surface area contributed by atoms with Gasteiger partial charge in [0.05, 0.1) is 0 Å². The number of amides is 2. The van der Waals surface area contributed by atoms with Gasteiger partial charge in [-0.2, -0.15) is 0 Å². The Bertz CT molecular complexity index is 313. The third-order valence-electron chi connectivity index (χ3n) is 3.55. The van der Waals surface area contributed by atoms with Crippen molar-refractivity contribution in [2.24, 2.45) is 17.8 Å². The molecule has 4 nitrogen and oxygen atoms in total. The molecule has 19 heavy (non-hydrogen) atoms. The van der Waals surface area contributed by atoms with Crippen LogP contribution in [0.2, 0.25) is 0 Å². The van der Waals surface area contributed by atoms with Crippen LogP contribution in [0.3, 0.4) is 0 Å². The first-order valence-corrected chi connectivity index (χ1v) is 7.50. The second-order valence-corrected chi connectivity index (χ2v) is 6.30. The molecule has 0 radical (unpaired) electrons. The summed E-state index contributed by atoms with van der Waals surface area (Å²) < 4.78 is 0. The van der Waals surface area contributed by atoms with Gasteiger partial charge < -0.3 is 10.6 Å². The lowest BCUT2D eigenvalue weighted by atomic mass is 9.78. The highest BCUT2D eigenvalue weighted by Crippen LogP contribution is 2.30. The van der Waals surface area contributed by atoms with Crippen LogP contribution in [0.5, 0.6) is 0 Å². The van der Waals surface area contributed by atoms with E-state index >= 15 is 0 Å². The molecule has 0 bridgehead atoms. The molecule has 0 aliphatic heterocycles. The van der Waals surface area contributed by atoms with Crippen LogP contribution in [0.1, 0.15) is 53.4 Å². The fourth-order valence-corrected chi connectivity index (χ4v) is 2.59. The summed E-state index contributed by atoms with van der Waals surface area (Å²) in [4.78, 5) is 24.4. The number of hydrogen-bond acceptors (Lipinski definition) is 2. The van der Waals surface area contributed by atoms with Crippen molar-refractivity contribution < 1.29 is 9.59 Å². The van der Waals surface area contributed by atoms with Gasteiger partial charge in [0, 0.05) is 24.4 Å². The van der Waals surface area contributed by atoms with E-state index in [1.165, 1.54) is 0 Å². The third kappa shape index (κ3) is 5.21. The molecule has 1 rings (SSSR count). The number of carbonyl (C=O) groups excluding carboxylic acids is 2. The summed E-state index contributed by atoms with van der Waals surface area (Å²) in [6, 6.07) is 0.133. The van der Waals surface area contributed by atoms with E-state index in [0.717, 1.165) is 25.7 Å². The molecule has 0 aromatic rings. The van der Waals surface area contributed by atoms with Crippen LogP contribution < -0.4 is 10.6 Å². The van der Waals surface area contributed by atoms with Crippen molar-refractivity contribution >= 4 is 11.8 Å². The largest absolute Gasteiger partial charge is 0.356 e. The monoisotopic (exact) mass is 268 g/mol. The summed E-state index contributed by atoms with van der Waals surface area (Å²) >= 11 is 0. The molecule has 1 aliphatic rings. The van der Waals surface area contributed by atoms with Crippen molar-refractivity contribution in [1.82, 2.24) is 10.6 Å². The Morgan fingerprint density at radius 1 is 1.00 bits per heavy atom. The maximum atomic E-state index is 12.2. The van der Waals surface area contributed by atoms with E-state index in [1.54, 1.807) is 0 Å². The van der Waals surface area contributed by atoms with E-state index in [-0.39, 0.29) is 29.7 Å². The van der Waals surface area contributed by atoms with Gasteiger partial charge in [0.1, 0.15) is 0 Å². The van der Waals surface area contributed by atoms with Crippen molar-refractivity contribution in [3.8, 4) is 0 Å². The molecule has 0 heterocycles. The van der Waals surface area contributed by atoms with Gasteiger partial charge in [0.15, 0.2) is 0 Å². The first-order chi connectivity index (χ1) is 8.91. The van der Waals surface area contributed by atoms with E-state index in [1.807, 2.05) is 13.8 Å². The molecule has 110 valence electrons. The van der Waals surface area contributed by atoms with Crippen LogP contribution in [0.25, 0.3) is 0 Å². The lowest BCUT2D eigenvalue weighted by Crippen LogP contribution is -2.45. The summed E-state index contributed by atoms with van der Waals surface area (Å²) in [6.07, 6.45) is 3.76. The fraction of sp³-hybridized carbons (Fsp3) is 0.867. The van der Waals surface area contributed by atoms with E-state index < -0.39 is 0 Å². The predicted molar refractivity (Wildman–Crippen MR) is 76.6 cm³/mol. The molecule has 0 spiro atoms. The third-order valence-corrected chi connectivity index (χ3v) is 3.55. The Morgan fingerprint density at radius 3 is 2.00 bits per heavy atom. The van der Waals surface area contributed by atoms with E-state index in [0.29, 0.717) is 12.5 Å². The van der Waals surface area contributed by atoms with Gasteiger partial charge in [-0.15, -0.1) is 0 Å². The normalized spacial score (nSPS) is 23.5. The number of nitrogens with one attached hydrogen (secondary N) is 2. The Morgan fingerprint density at radius 2 is 1.53 bits per heavy atom. The van der Waals surface area contributed by atoms with Crippen LogP contribution in [-0.2, 0) is 9.59 Å². The molecular formula is C15H28N2O2. The Kier molecular flexibility index (Phi) is 6.32. The zero-order valence-electron chi connectivity index (χ0n) is 12.7. The average Bonchev–Trinajstić information content (AvgIpc) is 2.35. The summed E-state index contributed by atoms with van der Waals surface area (Å²) in [5.41, 5.74) is 0. The Labute approximate surface area is 116 Å². The Balaban J connectivity index is 2.61. The second kappa shape index (κ2) is 7.51. The lowest BCUT2D eigenvalue weighted by molar-refractivity contribution is -0.137. The molecule has 1 fully saturated rings. The van der Waals surface area contributed by atoms with Crippen LogP contribution in [0, 0.1) is 17.8 Å². The summed E-state index contributed by atoms with van der Waals surface area (Å²) in [6.45, 7) is 8.74. The molecule has 1 saturated carbocycles. The van der Waals surface area contributed by atoms with Crippen molar-refractivity contribution in [1.29, 1.82) is 0 Å². The van der Waals surface area contributed by atoms with Gasteiger partial charge in [-0.1, -0.05) is 26.7 Å². The van der Waals surface area contributed by atoms with Gasteiger partial charge >= 0.3 is 0 Å². The van der Waals surface area contributed by atoms with E-state index in [2.05, 4.69) is 24.5 Å². The number of carbonyl (C=O) groups is 2. The lowest BCUT2D eigenvalue weighted by Gasteiger charge is -2.30. The number of hydrogen-bond donors (Lipinski definition) is 2. The highest BCUT2D eigenvalue weighted by Gasteiger charge is 2.35. The molecular weight excluding hydrogens is 240 g/mol. The topological polar surface area (TPSA) is 58.2 Å². The minimum absolute atomic E-state index is 0.0411. The second-order valence-electron chi connectivity index (χ2n) is 6.30. The molecule has 2 atom stereocenters. The molecule has 1 aliphatic carbocycles. The molecule has 0 aromatic heterocycles. The number of rotatable bonds is 5. The van der Waals surface area contributed by atoms with Gasteiger partial charge in [-0.25, -0.2) is 0 Å². The molecule has 4 heteroatoms. The van der Waals surface area contributed by atoms with Crippen molar-refractivity contribution in [3.63, 3.8) is 0 Å². The van der Waals surface area contributed by atoms with Crippen molar-refractivity contribution in [2.75, 3.05) is 6.54 Å². The quantitative estimate of drug-likeness (QED) is 0.802. The molecule has 2 N–H and O–H groups in total. The fourth-order valence-electron chi connectivity index (χ4n) is 2.59. The van der Waals surface area contributed by atoms with Crippen LogP contribution in [0.15, 0.2) is 0 Å². The molecule has 0 saturated heterocycles. The summed E-state index contributed by atoms with van der Waals surface area (Å²) in [5.74, 6) is 0.238. The highest BCUT2D eigenvalue weighted by atomic mass is 16.2. The van der Waals surface area contributed by atoms with Gasteiger partial charge in [0.25, 0.3) is 0 Å².